The van der Waals surface area contributed by atoms with Crippen molar-refractivity contribution in [2.75, 3.05) is 23.9 Å². The molecule has 0 spiro atoms. The summed E-state index contributed by atoms with van der Waals surface area (Å²) in [6, 6.07) is 6.31. The summed E-state index contributed by atoms with van der Waals surface area (Å²) in [6.45, 7) is 0. The minimum atomic E-state index is 0.230. The minimum absolute atomic E-state index is 0.230. The fourth-order valence-electron chi connectivity index (χ4n) is 3.27. The monoisotopic (exact) mass is 305 g/mol. The minimum Gasteiger partial charge on any atom is -0.495 e. The predicted octanol–water partition coefficient (Wildman–Crippen LogP) is 3.99. The number of carbonyl (C=O) groups excluding carboxylic acids is 1. The van der Waals surface area contributed by atoms with Crippen LogP contribution in [-0.2, 0) is 0 Å². The van der Waals surface area contributed by atoms with Gasteiger partial charge in [-0.2, -0.15) is 11.8 Å². The number of benzene rings is 1. The van der Waals surface area contributed by atoms with Crippen LogP contribution in [0, 0.1) is 5.92 Å². The summed E-state index contributed by atoms with van der Waals surface area (Å²) in [4.78, 5) is 12.6. The molecule has 1 aromatic carbocycles. The summed E-state index contributed by atoms with van der Waals surface area (Å²) in [5.41, 5.74) is 1.80. The second-order valence-electron chi connectivity index (χ2n) is 5.97. The van der Waals surface area contributed by atoms with Crippen molar-refractivity contribution in [3.05, 3.63) is 23.8 Å². The molecule has 2 aliphatic rings. The topological polar surface area (TPSA) is 38.3 Å². The summed E-state index contributed by atoms with van der Waals surface area (Å²) in [6.07, 6.45) is 5.66. The fourth-order valence-corrected chi connectivity index (χ4v) is 4.42. The predicted molar refractivity (Wildman–Crippen MR) is 88.6 cm³/mol. The van der Waals surface area contributed by atoms with E-state index in [9.17, 15) is 4.79 Å². The lowest BCUT2D eigenvalue weighted by Gasteiger charge is -2.17. The highest BCUT2D eigenvalue weighted by Crippen LogP contribution is 2.33. The van der Waals surface area contributed by atoms with E-state index in [0.717, 1.165) is 35.6 Å². The maximum Gasteiger partial charge on any atom is 0.166 e. The van der Waals surface area contributed by atoms with Crippen molar-refractivity contribution >= 4 is 23.2 Å². The smallest absolute Gasteiger partial charge is 0.166 e. The third kappa shape index (κ3) is 3.37. The molecule has 2 fully saturated rings. The fraction of sp³-hybridized carbons (Fsp3) is 0.588. The van der Waals surface area contributed by atoms with Gasteiger partial charge in [0.05, 0.1) is 12.8 Å². The number of carbonyl (C=O) groups is 1. The third-order valence-corrected chi connectivity index (χ3v) is 5.66. The Labute approximate surface area is 130 Å². The summed E-state index contributed by atoms with van der Waals surface area (Å²) in [7, 11) is 1.68. The Morgan fingerprint density at radius 1 is 1.29 bits per heavy atom. The van der Waals surface area contributed by atoms with E-state index >= 15 is 0 Å². The zero-order chi connectivity index (χ0) is 14.7. The molecule has 4 heteroatoms. The van der Waals surface area contributed by atoms with Crippen LogP contribution in [0.2, 0.25) is 0 Å². The van der Waals surface area contributed by atoms with Crippen LogP contribution >= 0.6 is 11.8 Å². The summed E-state index contributed by atoms with van der Waals surface area (Å²) in [5, 5.41) is 3.55. The zero-order valence-electron chi connectivity index (χ0n) is 12.6. The highest BCUT2D eigenvalue weighted by molar-refractivity contribution is 7.99. The van der Waals surface area contributed by atoms with Crippen LogP contribution in [0.4, 0.5) is 5.69 Å². The van der Waals surface area contributed by atoms with Gasteiger partial charge in [-0.15, -0.1) is 0 Å². The first-order chi connectivity index (χ1) is 10.3. The molecular weight excluding hydrogens is 282 g/mol. The molecule has 0 aromatic heterocycles. The number of Topliss-reactive ketones (excluding diaryl/α,β-unsaturated/α-hetero) is 1. The standard InChI is InChI=1S/C17H23NO2S/c1-20-16-7-6-13(17(19)12-4-2-3-5-12)10-15(16)18-14-8-9-21-11-14/h6-7,10,12,14,18H,2-5,8-9,11H2,1H3. The Balaban J connectivity index is 1.79. The van der Waals surface area contributed by atoms with Gasteiger partial charge in [0, 0.05) is 23.3 Å². The van der Waals surface area contributed by atoms with Gasteiger partial charge in [-0.25, -0.2) is 0 Å². The van der Waals surface area contributed by atoms with Crippen molar-refractivity contribution in [2.24, 2.45) is 5.92 Å². The van der Waals surface area contributed by atoms with Gasteiger partial charge in [0.25, 0.3) is 0 Å². The number of anilines is 1. The number of hydrogen-bond donors (Lipinski definition) is 1. The Bertz CT molecular complexity index is 506. The molecule has 0 bridgehead atoms. The first-order valence-corrected chi connectivity index (χ1v) is 9.00. The van der Waals surface area contributed by atoms with E-state index < -0.39 is 0 Å². The summed E-state index contributed by atoms with van der Waals surface area (Å²) >= 11 is 1.98. The number of methoxy groups -OCH3 is 1. The zero-order valence-corrected chi connectivity index (χ0v) is 13.4. The number of rotatable bonds is 5. The molecule has 21 heavy (non-hydrogen) atoms. The van der Waals surface area contributed by atoms with Gasteiger partial charge >= 0.3 is 0 Å². The van der Waals surface area contributed by atoms with Crippen LogP contribution in [0.15, 0.2) is 18.2 Å². The molecule has 1 saturated carbocycles. The van der Waals surface area contributed by atoms with Gasteiger partial charge < -0.3 is 10.1 Å². The van der Waals surface area contributed by atoms with Gasteiger partial charge in [0.1, 0.15) is 5.75 Å². The highest BCUT2D eigenvalue weighted by Gasteiger charge is 2.25. The molecule has 1 saturated heterocycles. The van der Waals surface area contributed by atoms with Crippen molar-refractivity contribution < 1.29 is 9.53 Å². The molecule has 3 rings (SSSR count). The van der Waals surface area contributed by atoms with Gasteiger partial charge in [-0.05, 0) is 43.2 Å². The molecule has 0 amide bonds. The van der Waals surface area contributed by atoms with Crippen molar-refractivity contribution in [3.63, 3.8) is 0 Å². The average molecular weight is 305 g/mol. The van der Waals surface area contributed by atoms with Crippen LogP contribution in [0.25, 0.3) is 0 Å². The van der Waals surface area contributed by atoms with Crippen LogP contribution < -0.4 is 10.1 Å². The Morgan fingerprint density at radius 3 is 2.76 bits per heavy atom. The SMILES string of the molecule is COc1ccc(C(=O)C2CCCC2)cc1NC1CCSC1. The molecule has 0 radical (unpaired) electrons. The highest BCUT2D eigenvalue weighted by atomic mass is 32.2. The van der Waals surface area contributed by atoms with Gasteiger partial charge in [-0.1, -0.05) is 12.8 Å². The van der Waals surface area contributed by atoms with E-state index in [0.29, 0.717) is 11.8 Å². The lowest BCUT2D eigenvalue weighted by Crippen LogP contribution is -2.19. The lowest BCUT2D eigenvalue weighted by molar-refractivity contribution is 0.0923. The Hall–Kier alpha value is -1.16. The Kier molecular flexibility index (Phi) is 4.73. The summed E-state index contributed by atoms with van der Waals surface area (Å²) < 4.78 is 5.44. The molecule has 1 N–H and O–H groups in total. The maximum absolute atomic E-state index is 12.6. The molecule has 1 aliphatic heterocycles. The van der Waals surface area contributed by atoms with E-state index in [1.807, 2.05) is 30.0 Å². The summed E-state index contributed by atoms with van der Waals surface area (Å²) in [5.74, 6) is 3.70. The normalized spacial score (nSPS) is 22.4. The van der Waals surface area contributed by atoms with E-state index in [1.54, 1.807) is 7.11 Å². The quantitative estimate of drug-likeness (QED) is 0.835. The molecule has 114 valence electrons. The number of ketones is 1. The average Bonchev–Trinajstić information content (AvgIpc) is 3.19. The van der Waals surface area contributed by atoms with Gasteiger partial charge in [0.2, 0.25) is 0 Å². The number of nitrogens with one attached hydrogen (secondary N) is 1. The number of hydrogen-bond acceptors (Lipinski definition) is 4. The first-order valence-electron chi connectivity index (χ1n) is 7.84. The van der Waals surface area contributed by atoms with Crippen molar-refractivity contribution in [1.82, 2.24) is 0 Å². The second-order valence-corrected chi connectivity index (χ2v) is 7.12. The molecule has 1 heterocycles. The third-order valence-electron chi connectivity index (χ3n) is 4.50. The largest absolute Gasteiger partial charge is 0.495 e. The van der Waals surface area contributed by atoms with E-state index in [4.69, 9.17) is 4.74 Å². The maximum atomic E-state index is 12.6. The molecule has 1 unspecified atom stereocenters. The molecular formula is C17H23NO2S. The van der Waals surface area contributed by atoms with Crippen LogP contribution in [-0.4, -0.2) is 30.4 Å². The van der Waals surface area contributed by atoms with E-state index in [1.165, 1.54) is 25.0 Å². The Morgan fingerprint density at radius 2 is 2.10 bits per heavy atom. The van der Waals surface area contributed by atoms with Gasteiger partial charge in [0.15, 0.2) is 5.78 Å². The van der Waals surface area contributed by atoms with Gasteiger partial charge in [-0.3, -0.25) is 4.79 Å². The molecule has 1 aromatic rings. The van der Waals surface area contributed by atoms with E-state index in [2.05, 4.69) is 5.32 Å². The lowest BCUT2D eigenvalue weighted by atomic mass is 9.96. The second kappa shape index (κ2) is 6.73. The van der Waals surface area contributed by atoms with Crippen LogP contribution in [0.1, 0.15) is 42.5 Å². The number of thioether (sulfide) groups is 1. The van der Waals surface area contributed by atoms with E-state index in [-0.39, 0.29) is 5.92 Å². The first kappa shape index (κ1) is 14.8. The van der Waals surface area contributed by atoms with Crippen molar-refractivity contribution in [2.45, 2.75) is 38.1 Å². The molecule has 3 nitrogen and oxygen atoms in total. The molecule has 1 atom stereocenters. The van der Waals surface area contributed by atoms with Crippen molar-refractivity contribution in [1.29, 1.82) is 0 Å². The van der Waals surface area contributed by atoms with Crippen LogP contribution in [0.3, 0.4) is 0 Å². The van der Waals surface area contributed by atoms with Crippen molar-refractivity contribution in [3.8, 4) is 5.75 Å². The number of ether oxygens (including phenoxy) is 1. The van der Waals surface area contributed by atoms with Crippen LogP contribution in [0.5, 0.6) is 5.75 Å². The molecule has 1 aliphatic carbocycles.